The molecule has 196 valence electrons. The van der Waals surface area contributed by atoms with Gasteiger partial charge in [0.25, 0.3) is 0 Å². The van der Waals surface area contributed by atoms with Crippen molar-refractivity contribution < 1.29 is 19.0 Å². The molecule has 0 N–H and O–H groups in total. The Morgan fingerprint density at radius 2 is 0.939 bits per heavy atom. The second-order valence-corrected chi connectivity index (χ2v) is 12.1. The smallest absolute Gasteiger partial charge is 0.334 e. The van der Waals surface area contributed by atoms with Gasteiger partial charge in [-0.05, 0) is 136 Å². The lowest BCUT2D eigenvalue weighted by atomic mass is 10.1. The topological polar surface area (TPSA) is 44.8 Å². The fourth-order valence-corrected chi connectivity index (χ4v) is 1.59. The van der Waals surface area contributed by atoms with Crippen LogP contribution < -0.4 is 0 Å². The largest absolute Gasteiger partial charge is 0.493 e. The van der Waals surface area contributed by atoms with E-state index in [9.17, 15) is 4.79 Å². The number of ether oxygens (including phenoxy) is 3. The zero-order chi connectivity index (χ0) is 27.4. The average molecular weight is 469 g/mol. The first-order valence-corrected chi connectivity index (χ1v) is 11.9. The summed E-state index contributed by atoms with van der Waals surface area (Å²) in [6.07, 6.45) is 0. The van der Waals surface area contributed by atoms with Crippen molar-refractivity contribution in [2.75, 3.05) is 6.61 Å². The molecule has 4 heteroatoms. The molecule has 0 amide bonds. The Balaban J connectivity index is -0.000000411. The first kappa shape index (κ1) is 36.0. The molecular weight excluding hydrogens is 412 g/mol. The molecule has 4 nitrogen and oxygen atoms in total. The number of hydrogen-bond donors (Lipinski definition) is 0. The van der Waals surface area contributed by atoms with Crippen molar-refractivity contribution in [3.8, 4) is 0 Å². The molecule has 0 rings (SSSR count). The van der Waals surface area contributed by atoms with Gasteiger partial charge in [0.15, 0.2) is 0 Å². The minimum absolute atomic E-state index is 0.0172. The predicted molar refractivity (Wildman–Crippen MR) is 145 cm³/mol. The summed E-state index contributed by atoms with van der Waals surface area (Å²) < 4.78 is 16.3. The fraction of sp³-hybridized carbons (Fsp3) is 0.759. The van der Waals surface area contributed by atoms with Crippen LogP contribution in [0.3, 0.4) is 0 Å². The van der Waals surface area contributed by atoms with Crippen molar-refractivity contribution >= 4 is 5.97 Å². The van der Waals surface area contributed by atoms with Gasteiger partial charge in [0.05, 0.1) is 18.0 Å². The van der Waals surface area contributed by atoms with Crippen molar-refractivity contribution in [3.63, 3.8) is 0 Å². The minimum Gasteiger partial charge on any atom is -0.493 e. The molecular formula is C29H56O4. The summed E-state index contributed by atoms with van der Waals surface area (Å²) in [5.74, 6) is 0.815. The molecule has 0 saturated carbocycles. The first-order valence-electron chi connectivity index (χ1n) is 11.9. The average Bonchev–Trinajstić information content (AvgIpc) is 2.56. The number of allylic oxidation sites excluding steroid dienone is 4. The summed E-state index contributed by atoms with van der Waals surface area (Å²) in [5.41, 5.74) is 5.17. The summed E-state index contributed by atoms with van der Waals surface area (Å²) in [6, 6.07) is 0. The van der Waals surface area contributed by atoms with Gasteiger partial charge in [-0.1, -0.05) is 11.1 Å². The maximum absolute atomic E-state index is 11.3. The molecule has 0 heterocycles. The second-order valence-electron chi connectivity index (χ2n) is 12.1. The van der Waals surface area contributed by atoms with E-state index in [0.29, 0.717) is 5.57 Å². The molecule has 0 aliphatic heterocycles. The van der Waals surface area contributed by atoms with Crippen molar-refractivity contribution in [2.24, 2.45) is 0 Å². The summed E-state index contributed by atoms with van der Waals surface area (Å²) in [6.45, 7) is 36.8. The van der Waals surface area contributed by atoms with E-state index in [1.807, 2.05) is 41.5 Å². The molecule has 0 aromatic rings. The van der Waals surface area contributed by atoms with Crippen LogP contribution in [0.5, 0.6) is 0 Å². The van der Waals surface area contributed by atoms with Crippen LogP contribution in [-0.2, 0) is 19.0 Å². The zero-order valence-electron chi connectivity index (χ0n) is 25.3. The highest BCUT2D eigenvalue weighted by Crippen LogP contribution is 2.15. The van der Waals surface area contributed by atoms with Gasteiger partial charge in [-0.3, -0.25) is 0 Å². The fourth-order valence-electron chi connectivity index (χ4n) is 1.59. The van der Waals surface area contributed by atoms with Gasteiger partial charge < -0.3 is 14.2 Å². The third kappa shape index (κ3) is 26.6. The van der Waals surface area contributed by atoms with Gasteiger partial charge >= 0.3 is 5.97 Å². The lowest BCUT2D eigenvalue weighted by molar-refractivity contribution is -0.149. The lowest BCUT2D eigenvalue weighted by Gasteiger charge is -2.22. The van der Waals surface area contributed by atoms with E-state index in [4.69, 9.17) is 14.2 Å². The van der Waals surface area contributed by atoms with Gasteiger partial charge in [-0.2, -0.15) is 0 Å². The van der Waals surface area contributed by atoms with Gasteiger partial charge in [0.1, 0.15) is 11.2 Å². The lowest BCUT2D eigenvalue weighted by Crippen LogP contribution is -2.24. The van der Waals surface area contributed by atoms with Gasteiger partial charge in [-0.25, -0.2) is 4.79 Å². The highest BCUT2D eigenvalue weighted by Gasteiger charge is 2.17. The standard InChI is InChI=1S/C10H18O2.C10H20O.C9H18O/c1-7(2)8(3)9(11)12-10(4,5)6;1-8(2)9(3)7-11-10(4,5)6;1-7(2)8(3)10-9(4,5)6/h1-6H3;7H2,1-6H3;1-6H3. The highest BCUT2D eigenvalue weighted by atomic mass is 16.6. The molecule has 0 spiro atoms. The van der Waals surface area contributed by atoms with Crippen LogP contribution in [0.15, 0.2) is 33.6 Å². The second kappa shape index (κ2) is 15.4. The van der Waals surface area contributed by atoms with Crippen LogP contribution in [0.25, 0.3) is 0 Å². The minimum atomic E-state index is -0.395. The number of rotatable bonds is 4. The molecule has 33 heavy (non-hydrogen) atoms. The molecule has 0 aromatic heterocycles. The van der Waals surface area contributed by atoms with Gasteiger partial charge in [-0.15, -0.1) is 0 Å². The van der Waals surface area contributed by atoms with Gasteiger partial charge in [0.2, 0.25) is 0 Å². The van der Waals surface area contributed by atoms with Crippen molar-refractivity contribution in [1.29, 1.82) is 0 Å². The third-order valence-corrected chi connectivity index (χ3v) is 4.19. The van der Waals surface area contributed by atoms with E-state index < -0.39 is 5.60 Å². The molecule has 0 bridgehead atoms. The Kier molecular flexibility index (Phi) is 16.8. The summed E-state index contributed by atoms with van der Waals surface area (Å²) in [5, 5.41) is 0. The van der Waals surface area contributed by atoms with E-state index in [1.165, 1.54) is 16.7 Å². The number of carbonyl (C=O) groups excluding carboxylic acids is 1. The maximum atomic E-state index is 11.3. The number of hydrogen-bond acceptors (Lipinski definition) is 4. The molecule has 0 fully saturated rings. The van der Waals surface area contributed by atoms with E-state index in [2.05, 4.69) is 76.2 Å². The van der Waals surface area contributed by atoms with Crippen LogP contribution >= 0.6 is 0 Å². The SMILES string of the molecule is CC(C)=C(C)C(=O)OC(C)(C)C.CC(C)=C(C)COC(C)(C)C.CC(C)=C(C)OC(C)(C)C. The van der Waals surface area contributed by atoms with Crippen LogP contribution in [-0.4, -0.2) is 29.4 Å². The monoisotopic (exact) mass is 468 g/mol. The van der Waals surface area contributed by atoms with E-state index in [1.54, 1.807) is 6.92 Å². The van der Waals surface area contributed by atoms with E-state index in [-0.39, 0.29) is 17.2 Å². The van der Waals surface area contributed by atoms with Crippen LogP contribution in [0.2, 0.25) is 0 Å². The summed E-state index contributed by atoms with van der Waals surface area (Å²) in [7, 11) is 0. The van der Waals surface area contributed by atoms with E-state index in [0.717, 1.165) is 17.9 Å². The molecule has 0 unspecified atom stereocenters. The Morgan fingerprint density at radius 1 is 0.545 bits per heavy atom. The molecule has 0 aromatic carbocycles. The Morgan fingerprint density at radius 3 is 1.15 bits per heavy atom. The molecule has 0 aliphatic rings. The first-order chi connectivity index (χ1) is 14.4. The van der Waals surface area contributed by atoms with E-state index >= 15 is 0 Å². The highest BCUT2D eigenvalue weighted by molar-refractivity contribution is 5.88. The Bertz CT molecular complexity index is 673. The van der Waals surface area contributed by atoms with Crippen LogP contribution in [0.1, 0.15) is 125 Å². The molecule has 0 radical (unpaired) electrons. The van der Waals surface area contributed by atoms with Crippen LogP contribution in [0.4, 0.5) is 0 Å². The summed E-state index contributed by atoms with van der Waals surface area (Å²) >= 11 is 0. The molecule has 0 atom stereocenters. The summed E-state index contributed by atoms with van der Waals surface area (Å²) in [4.78, 5) is 11.3. The number of esters is 1. The number of carbonyl (C=O) groups is 1. The maximum Gasteiger partial charge on any atom is 0.334 e. The van der Waals surface area contributed by atoms with Crippen LogP contribution in [0, 0.1) is 0 Å². The van der Waals surface area contributed by atoms with Crippen molar-refractivity contribution in [3.05, 3.63) is 33.6 Å². The van der Waals surface area contributed by atoms with Crippen molar-refractivity contribution in [2.45, 2.75) is 141 Å². The predicted octanol–water partition coefficient (Wildman–Crippen LogP) is 8.96. The molecule has 0 aliphatic carbocycles. The molecule has 0 saturated heterocycles. The zero-order valence-corrected chi connectivity index (χ0v) is 25.3. The Labute approximate surface area is 206 Å². The van der Waals surface area contributed by atoms with Gasteiger partial charge in [0, 0.05) is 5.57 Å². The normalized spacial score (nSPS) is 11.1. The third-order valence-electron chi connectivity index (χ3n) is 4.19. The Hall–Kier alpha value is -1.55. The quantitative estimate of drug-likeness (QED) is 0.179. The van der Waals surface area contributed by atoms with Crippen molar-refractivity contribution in [1.82, 2.24) is 0 Å².